The van der Waals surface area contributed by atoms with E-state index in [1.165, 1.54) is 6.20 Å². The maximum absolute atomic E-state index is 13.6. The normalized spacial score (nSPS) is 25.5. The number of ether oxygens (including phenoxy) is 1. The second-order valence-corrected chi connectivity index (χ2v) is 10.5. The van der Waals surface area contributed by atoms with Gasteiger partial charge in [-0.2, -0.15) is 4.31 Å². The Bertz CT molecular complexity index is 1080. The van der Waals surface area contributed by atoms with E-state index in [0.717, 1.165) is 18.5 Å². The maximum Gasteiger partial charge on any atom is 0.274 e. The highest BCUT2D eigenvalue weighted by Crippen LogP contribution is 2.39. The molecule has 0 spiro atoms. The number of amides is 1. The van der Waals surface area contributed by atoms with Crippen molar-refractivity contribution in [2.45, 2.75) is 49.6 Å². The molecule has 164 valence electrons. The van der Waals surface area contributed by atoms with Gasteiger partial charge in [0.2, 0.25) is 10.0 Å². The summed E-state index contributed by atoms with van der Waals surface area (Å²) >= 11 is 0. The lowest BCUT2D eigenvalue weighted by Gasteiger charge is -2.31. The molecule has 1 amide bonds. The summed E-state index contributed by atoms with van der Waals surface area (Å²) in [6, 6.07) is 6.57. The number of para-hydroxylation sites is 1. The van der Waals surface area contributed by atoms with Gasteiger partial charge in [-0.05, 0) is 44.2 Å². The molecule has 2 aliphatic heterocycles. The first-order valence-electron chi connectivity index (χ1n) is 10.8. The van der Waals surface area contributed by atoms with Crippen molar-refractivity contribution in [1.29, 1.82) is 0 Å². The Morgan fingerprint density at radius 3 is 2.61 bits per heavy atom. The Morgan fingerprint density at radius 1 is 1.10 bits per heavy atom. The molecule has 0 radical (unpaired) electrons. The molecule has 1 saturated carbocycles. The fourth-order valence-electron chi connectivity index (χ4n) is 4.41. The zero-order chi connectivity index (χ0) is 21.6. The van der Waals surface area contributed by atoms with Crippen LogP contribution >= 0.6 is 0 Å². The molecule has 1 aromatic carbocycles. The summed E-state index contributed by atoms with van der Waals surface area (Å²) in [7, 11) is -3.67. The number of aryl methyl sites for hydroxylation is 1. The molecule has 2 atom stereocenters. The zero-order valence-corrected chi connectivity index (χ0v) is 18.3. The van der Waals surface area contributed by atoms with Gasteiger partial charge in [0.05, 0.1) is 17.9 Å². The largest absolute Gasteiger partial charge is 0.487 e. The van der Waals surface area contributed by atoms with Gasteiger partial charge in [0, 0.05) is 32.3 Å². The molecule has 9 heteroatoms. The molecule has 1 aromatic heterocycles. The Morgan fingerprint density at radius 2 is 1.87 bits per heavy atom. The third-order valence-corrected chi connectivity index (χ3v) is 8.24. The number of benzene rings is 1. The molecule has 5 rings (SSSR count). The van der Waals surface area contributed by atoms with Gasteiger partial charge in [-0.3, -0.25) is 9.78 Å². The van der Waals surface area contributed by atoms with Crippen LogP contribution in [0.4, 0.5) is 0 Å². The first-order chi connectivity index (χ1) is 14.9. The molecule has 8 nitrogen and oxygen atoms in total. The van der Waals surface area contributed by atoms with E-state index in [9.17, 15) is 13.2 Å². The topological polar surface area (TPSA) is 92.7 Å². The van der Waals surface area contributed by atoms with Crippen molar-refractivity contribution in [3.05, 3.63) is 48.0 Å². The number of hydrogen-bond donors (Lipinski definition) is 0. The molecule has 2 aromatic rings. The Balaban J connectivity index is 1.45. The Labute approximate surface area is 182 Å². The van der Waals surface area contributed by atoms with Gasteiger partial charge in [0.1, 0.15) is 22.4 Å². The second-order valence-electron chi connectivity index (χ2n) is 8.60. The van der Waals surface area contributed by atoms with Crippen molar-refractivity contribution in [2.75, 3.05) is 19.6 Å². The molecule has 0 unspecified atom stereocenters. The third-order valence-electron chi connectivity index (χ3n) is 6.31. The third kappa shape index (κ3) is 3.92. The van der Waals surface area contributed by atoms with E-state index >= 15 is 0 Å². The molecule has 0 bridgehead atoms. The van der Waals surface area contributed by atoms with Crippen molar-refractivity contribution < 1.29 is 17.9 Å². The van der Waals surface area contributed by atoms with Crippen LogP contribution in [0.2, 0.25) is 0 Å². The summed E-state index contributed by atoms with van der Waals surface area (Å²) < 4.78 is 35.1. The van der Waals surface area contributed by atoms with Crippen LogP contribution in [-0.2, 0) is 10.0 Å². The maximum atomic E-state index is 13.6. The predicted octanol–water partition coefficient (Wildman–Crippen LogP) is 2.25. The second kappa shape index (κ2) is 7.87. The summed E-state index contributed by atoms with van der Waals surface area (Å²) in [6.07, 6.45) is 5.97. The number of likely N-dealkylation sites (tertiary alicyclic amines) is 1. The van der Waals surface area contributed by atoms with Crippen LogP contribution in [0.1, 0.15) is 41.9 Å². The molecule has 3 heterocycles. The molecule has 1 aliphatic carbocycles. The first-order valence-corrected chi connectivity index (χ1v) is 12.2. The van der Waals surface area contributed by atoms with E-state index in [1.807, 2.05) is 6.92 Å². The van der Waals surface area contributed by atoms with Crippen LogP contribution < -0.4 is 4.74 Å². The van der Waals surface area contributed by atoms with Crippen molar-refractivity contribution >= 4 is 15.9 Å². The van der Waals surface area contributed by atoms with Gasteiger partial charge in [-0.15, -0.1) is 0 Å². The quantitative estimate of drug-likeness (QED) is 0.724. The highest BCUT2D eigenvalue weighted by Gasteiger charge is 2.45. The molecule has 3 aliphatic rings. The number of fused-ring (bicyclic) bond motifs is 2. The highest BCUT2D eigenvalue weighted by molar-refractivity contribution is 7.89. The summed E-state index contributed by atoms with van der Waals surface area (Å²) in [6.45, 7) is 3.27. The van der Waals surface area contributed by atoms with Crippen LogP contribution in [0.25, 0.3) is 0 Å². The number of hydrogen-bond acceptors (Lipinski definition) is 6. The van der Waals surface area contributed by atoms with Crippen molar-refractivity contribution in [1.82, 2.24) is 19.2 Å². The molecule has 1 saturated heterocycles. The Kier molecular flexibility index (Phi) is 5.18. The molecule has 0 N–H and O–H groups in total. The van der Waals surface area contributed by atoms with Crippen LogP contribution in [-0.4, -0.2) is 65.3 Å². The SMILES string of the molecule is Cc1cnc(C(=O)N2CC[C@@H]3Oc4ccccc4S(=O)(=O)N(CC4CC4)[C@H]3CC2)cn1. The average Bonchev–Trinajstić information content (AvgIpc) is 3.60. The number of sulfonamides is 1. The van der Waals surface area contributed by atoms with Crippen LogP contribution in [0.15, 0.2) is 41.6 Å². The van der Waals surface area contributed by atoms with E-state index in [4.69, 9.17) is 4.74 Å². The zero-order valence-electron chi connectivity index (χ0n) is 17.5. The monoisotopic (exact) mass is 442 g/mol. The Hall–Kier alpha value is -2.52. The number of nitrogens with zero attached hydrogens (tertiary/aromatic N) is 4. The smallest absolute Gasteiger partial charge is 0.274 e. The summed E-state index contributed by atoms with van der Waals surface area (Å²) in [5.74, 6) is 0.630. The highest BCUT2D eigenvalue weighted by atomic mass is 32.2. The number of carbonyl (C=O) groups excluding carboxylic acids is 1. The van der Waals surface area contributed by atoms with Gasteiger partial charge in [-0.1, -0.05) is 12.1 Å². The minimum absolute atomic E-state index is 0.180. The van der Waals surface area contributed by atoms with Crippen LogP contribution in [0.3, 0.4) is 0 Å². The van der Waals surface area contributed by atoms with Gasteiger partial charge in [0.25, 0.3) is 5.91 Å². The molecular formula is C22H26N4O4S. The lowest BCUT2D eigenvalue weighted by molar-refractivity contribution is 0.0749. The van der Waals surface area contributed by atoms with E-state index in [1.54, 1.807) is 39.7 Å². The summed E-state index contributed by atoms with van der Waals surface area (Å²) in [4.78, 5) is 23.4. The van der Waals surface area contributed by atoms with Crippen LogP contribution in [0, 0.1) is 12.8 Å². The van der Waals surface area contributed by atoms with Crippen molar-refractivity contribution in [3.8, 4) is 5.75 Å². The fourth-order valence-corrected chi connectivity index (χ4v) is 6.29. The number of rotatable bonds is 3. The van der Waals surface area contributed by atoms with Crippen molar-refractivity contribution in [2.24, 2.45) is 5.92 Å². The van der Waals surface area contributed by atoms with E-state index in [0.29, 0.717) is 49.8 Å². The van der Waals surface area contributed by atoms with Gasteiger partial charge in [-0.25, -0.2) is 13.4 Å². The fraction of sp³-hybridized carbons (Fsp3) is 0.500. The summed E-state index contributed by atoms with van der Waals surface area (Å²) in [5.41, 5.74) is 1.06. The van der Waals surface area contributed by atoms with E-state index in [2.05, 4.69) is 9.97 Å². The number of carbonyl (C=O) groups is 1. The first kappa shape index (κ1) is 20.4. The lowest BCUT2D eigenvalue weighted by Crippen LogP contribution is -2.48. The van der Waals surface area contributed by atoms with E-state index in [-0.39, 0.29) is 22.9 Å². The predicted molar refractivity (Wildman–Crippen MR) is 113 cm³/mol. The molecular weight excluding hydrogens is 416 g/mol. The van der Waals surface area contributed by atoms with E-state index < -0.39 is 10.0 Å². The molecule has 2 fully saturated rings. The van der Waals surface area contributed by atoms with Gasteiger partial charge in [0.15, 0.2) is 0 Å². The average molecular weight is 443 g/mol. The minimum atomic E-state index is -3.67. The van der Waals surface area contributed by atoms with Crippen LogP contribution in [0.5, 0.6) is 5.75 Å². The lowest BCUT2D eigenvalue weighted by atomic mass is 10.1. The number of aromatic nitrogens is 2. The van der Waals surface area contributed by atoms with Gasteiger partial charge < -0.3 is 9.64 Å². The standard InChI is InChI=1S/C22H26N4O4S/c1-15-12-24-17(13-23-15)22(27)25-10-8-18-19(9-11-25)30-20-4-2-3-5-21(20)31(28,29)26(18)14-16-6-7-16/h2-5,12-13,16,18-19H,6-11,14H2,1H3/t18-,19-/m0/s1. The van der Waals surface area contributed by atoms with Crippen molar-refractivity contribution in [3.63, 3.8) is 0 Å². The van der Waals surface area contributed by atoms with Gasteiger partial charge >= 0.3 is 0 Å². The summed E-state index contributed by atoms with van der Waals surface area (Å²) in [5, 5.41) is 0. The molecule has 31 heavy (non-hydrogen) atoms. The minimum Gasteiger partial charge on any atom is -0.487 e.